The third kappa shape index (κ3) is 3.20. The van der Waals surface area contributed by atoms with Gasteiger partial charge < -0.3 is 5.73 Å². The summed E-state index contributed by atoms with van der Waals surface area (Å²) in [5.41, 5.74) is 7.07. The molecule has 4 nitrogen and oxygen atoms in total. The fraction of sp³-hybridized carbons (Fsp3) is 0.600. The Balaban J connectivity index is 2.32. The number of nitrogen functional groups attached to an aromatic ring is 1. The van der Waals surface area contributed by atoms with Crippen molar-refractivity contribution in [3.8, 4) is 0 Å². The van der Waals surface area contributed by atoms with Crippen molar-refractivity contribution in [2.75, 3.05) is 18.8 Å². The third-order valence-electron chi connectivity index (χ3n) is 4.37. The minimum absolute atomic E-state index is 0.105. The molecular formula is C15H23ClN2O2S. The van der Waals surface area contributed by atoms with Gasteiger partial charge >= 0.3 is 0 Å². The Kier molecular flexibility index (Phi) is 4.30. The molecule has 1 aromatic rings. The van der Waals surface area contributed by atoms with E-state index in [1.54, 1.807) is 11.2 Å². The second-order valence-corrected chi connectivity index (χ2v) is 9.18. The number of hydrogen-bond acceptors (Lipinski definition) is 3. The van der Waals surface area contributed by atoms with Gasteiger partial charge in [-0.2, -0.15) is 4.31 Å². The highest BCUT2D eigenvalue weighted by Gasteiger charge is 2.37. The van der Waals surface area contributed by atoms with Gasteiger partial charge in [0.15, 0.2) is 0 Å². The van der Waals surface area contributed by atoms with E-state index in [2.05, 4.69) is 20.8 Å². The van der Waals surface area contributed by atoms with E-state index in [9.17, 15) is 8.42 Å². The summed E-state index contributed by atoms with van der Waals surface area (Å²) in [5.74, 6) is 0.366. The largest absolute Gasteiger partial charge is 0.398 e. The lowest BCUT2D eigenvalue weighted by Crippen LogP contribution is -2.31. The van der Waals surface area contributed by atoms with Crippen LogP contribution in [-0.4, -0.2) is 25.8 Å². The molecule has 6 heteroatoms. The van der Waals surface area contributed by atoms with Crippen LogP contribution in [0, 0.1) is 18.3 Å². The van der Waals surface area contributed by atoms with Crippen LogP contribution in [0.2, 0.25) is 5.02 Å². The lowest BCUT2D eigenvalue weighted by Gasteiger charge is -2.27. The highest BCUT2D eigenvalue weighted by Crippen LogP contribution is 2.36. The summed E-state index contributed by atoms with van der Waals surface area (Å²) in [5, 5.41) is 0.389. The standard InChI is InChI=1S/C15H23ClN2O2S/c1-10-13(16)7-12(8-14(10)17)21(19,20)18-6-5-11(9-18)15(2,3)4/h7-8,11H,5-6,9,17H2,1-4H3. The molecule has 0 aliphatic carbocycles. The summed E-state index contributed by atoms with van der Waals surface area (Å²) in [6, 6.07) is 2.99. The quantitative estimate of drug-likeness (QED) is 0.846. The van der Waals surface area contributed by atoms with Crippen LogP contribution in [0.15, 0.2) is 17.0 Å². The van der Waals surface area contributed by atoms with Gasteiger partial charge in [-0.05, 0) is 42.4 Å². The molecule has 0 amide bonds. The van der Waals surface area contributed by atoms with Crippen LogP contribution in [-0.2, 0) is 10.0 Å². The SMILES string of the molecule is Cc1c(N)cc(S(=O)(=O)N2CCC(C(C)(C)C)C2)cc1Cl. The van der Waals surface area contributed by atoms with Crippen molar-refractivity contribution in [3.05, 3.63) is 22.7 Å². The van der Waals surface area contributed by atoms with E-state index in [-0.39, 0.29) is 10.3 Å². The summed E-state index contributed by atoms with van der Waals surface area (Å²) in [6.45, 7) is 9.32. The van der Waals surface area contributed by atoms with Crippen LogP contribution >= 0.6 is 11.6 Å². The van der Waals surface area contributed by atoms with Gasteiger partial charge in [0.2, 0.25) is 10.0 Å². The summed E-state index contributed by atoms with van der Waals surface area (Å²) in [6.07, 6.45) is 0.887. The van der Waals surface area contributed by atoms with Crippen LogP contribution in [0.1, 0.15) is 32.8 Å². The Labute approximate surface area is 132 Å². The molecule has 0 bridgehead atoms. The second-order valence-electron chi connectivity index (χ2n) is 6.83. The van der Waals surface area contributed by atoms with Gasteiger partial charge in [0.05, 0.1) is 4.90 Å². The van der Waals surface area contributed by atoms with Crippen LogP contribution in [0.25, 0.3) is 0 Å². The van der Waals surface area contributed by atoms with E-state index in [1.807, 2.05) is 0 Å². The summed E-state index contributed by atoms with van der Waals surface area (Å²) >= 11 is 6.07. The van der Waals surface area contributed by atoms with Crippen LogP contribution < -0.4 is 5.73 Å². The third-order valence-corrected chi connectivity index (χ3v) is 6.61. The smallest absolute Gasteiger partial charge is 0.243 e. The summed E-state index contributed by atoms with van der Waals surface area (Å²) in [4.78, 5) is 0.185. The average molecular weight is 331 g/mol. The van der Waals surface area contributed by atoms with E-state index in [1.165, 1.54) is 12.1 Å². The molecular weight excluding hydrogens is 308 g/mol. The molecule has 0 spiro atoms. The van der Waals surface area contributed by atoms with Crippen molar-refractivity contribution in [1.29, 1.82) is 0 Å². The van der Waals surface area contributed by atoms with E-state index in [0.717, 1.165) is 6.42 Å². The molecule has 1 fully saturated rings. The Hall–Kier alpha value is -0.780. The average Bonchev–Trinajstić information content (AvgIpc) is 2.85. The molecule has 0 aromatic heterocycles. The van der Waals surface area contributed by atoms with Crippen LogP contribution in [0.4, 0.5) is 5.69 Å². The molecule has 118 valence electrons. The van der Waals surface area contributed by atoms with Crippen LogP contribution in [0.5, 0.6) is 0 Å². The van der Waals surface area contributed by atoms with Gasteiger partial charge in [0.25, 0.3) is 0 Å². The number of nitrogens with two attached hydrogens (primary N) is 1. The molecule has 2 N–H and O–H groups in total. The first-order valence-corrected chi connectivity index (χ1v) is 8.91. The fourth-order valence-electron chi connectivity index (χ4n) is 2.63. The molecule has 2 rings (SSSR count). The highest BCUT2D eigenvalue weighted by molar-refractivity contribution is 7.89. The lowest BCUT2D eigenvalue weighted by atomic mass is 9.80. The molecule has 1 saturated heterocycles. The predicted octanol–water partition coefficient (Wildman–Crippen LogP) is 3.29. The van der Waals surface area contributed by atoms with Gasteiger partial charge in [-0.1, -0.05) is 32.4 Å². The Morgan fingerprint density at radius 3 is 2.43 bits per heavy atom. The van der Waals surface area contributed by atoms with E-state index in [4.69, 9.17) is 17.3 Å². The van der Waals surface area contributed by atoms with Gasteiger partial charge in [-0.25, -0.2) is 8.42 Å². The number of rotatable bonds is 2. The Morgan fingerprint density at radius 1 is 1.33 bits per heavy atom. The minimum Gasteiger partial charge on any atom is -0.398 e. The fourth-order valence-corrected chi connectivity index (χ4v) is 4.48. The van der Waals surface area contributed by atoms with Crippen molar-refractivity contribution >= 4 is 27.3 Å². The van der Waals surface area contributed by atoms with Crippen molar-refractivity contribution in [1.82, 2.24) is 4.31 Å². The maximum Gasteiger partial charge on any atom is 0.243 e. The molecule has 1 unspecified atom stereocenters. The number of sulfonamides is 1. The zero-order valence-corrected chi connectivity index (χ0v) is 14.6. The van der Waals surface area contributed by atoms with Crippen molar-refractivity contribution in [2.45, 2.75) is 39.0 Å². The molecule has 1 aliphatic heterocycles. The topological polar surface area (TPSA) is 63.4 Å². The second kappa shape index (κ2) is 5.45. The van der Waals surface area contributed by atoms with Gasteiger partial charge in [-0.3, -0.25) is 0 Å². The number of benzene rings is 1. The Bertz CT molecular complexity index is 627. The van der Waals surface area contributed by atoms with E-state index >= 15 is 0 Å². The van der Waals surface area contributed by atoms with E-state index in [0.29, 0.717) is 35.3 Å². The van der Waals surface area contributed by atoms with Gasteiger partial charge in [-0.15, -0.1) is 0 Å². The first-order valence-electron chi connectivity index (χ1n) is 7.09. The molecule has 1 aliphatic rings. The van der Waals surface area contributed by atoms with Crippen LogP contribution in [0.3, 0.4) is 0 Å². The summed E-state index contributed by atoms with van der Waals surface area (Å²) < 4.78 is 27.0. The number of nitrogens with zero attached hydrogens (tertiary/aromatic N) is 1. The predicted molar refractivity (Wildman–Crippen MR) is 86.9 cm³/mol. The number of halogens is 1. The maximum absolute atomic E-state index is 12.7. The molecule has 1 heterocycles. The van der Waals surface area contributed by atoms with Gasteiger partial charge in [0.1, 0.15) is 0 Å². The van der Waals surface area contributed by atoms with Crippen molar-refractivity contribution < 1.29 is 8.42 Å². The maximum atomic E-state index is 12.7. The highest BCUT2D eigenvalue weighted by atomic mass is 35.5. The molecule has 1 atom stereocenters. The molecule has 1 aromatic carbocycles. The van der Waals surface area contributed by atoms with E-state index < -0.39 is 10.0 Å². The first-order chi connectivity index (χ1) is 9.53. The molecule has 0 radical (unpaired) electrons. The first kappa shape index (κ1) is 16.6. The zero-order valence-electron chi connectivity index (χ0n) is 13.0. The lowest BCUT2D eigenvalue weighted by molar-refractivity contribution is 0.252. The molecule has 0 saturated carbocycles. The monoisotopic (exact) mass is 330 g/mol. The number of anilines is 1. The van der Waals surface area contributed by atoms with Crippen molar-refractivity contribution in [2.24, 2.45) is 11.3 Å². The summed E-state index contributed by atoms with van der Waals surface area (Å²) in [7, 11) is -3.52. The normalized spacial score (nSPS) is 20.9. The van der Waals surface area contributed by atoms with Gasteiger partial charge in [0, 0.05) is 23.8 Å². The number of hydrogen-bond donors (Lipinski definition) is 1. The minimum atomic E-state index is -3.52. The zero-order chi connectivity index (χ0) is 16.0. The Morgan fingerprint density at radius 2 is 1.95 bits per heavy atom. The molecule has 21 heavy (non-hydrogen) atoms. The van der Waals surface area contributed by atoms with Crippen molar-refractivity contribution in [3.63, 3.8) is 0 Å².